The van der Waals surface area contributed by atoms with Crippen LogP contribution in [0.5, 0.6) is 0 Å². The number of thiophene rings is 1. The van der Waals surface area contributed by atoms with Crippen LogP contribution in [-0.2, 0) is 0 Å². The van der Waals surface area contributed by atoms with Gasteiger partial charge in [0.15, 0.2) is 0 Å². The second-order valence-electron chi connectivity index (χ2n) is 6.48. The summed E-state index contributed by atoms with van der Waals surface area (Å²) >= 11 is 1.61. The van der Waals surface area contributed by atoms with Crippen LogP contribution in [0.3, 0.4) is 0 Å². The summed E-state index contributed by atoms with van der Waals surface area (Å²) in [6.07, 6.45) is 1.30. The molecule has 5 rings (SSSR count). The molecule has 122 valence electrons. The number of piperidine rings is 1. The van der Waals surface area contributed by atoms with Crippen LogP contribution in [0.1, 0.15) is 39.7 Å². The molecule has 1 amide bonds. The second kappa shape index (κ2) is 4.57. The molecule has 1 spiro atoms. The molecule has 2 aromatic rings. The summed E-state index contributed by atoms with van der Waals surface area (Å²) in [5, 5.41) is 5.35. The second-order valence-corrected chi connectivity index (χ2v) is 7.43. The molecule has 1 fully saturated rings. The lowest BCUT2D eigenvalue weighted by Crippen LogP contribution is -2.51. The standard InChI is InChI=1S/C17H15FN4OS/c18-10-2-1-3-11-13(10)15(19)21-17(20-11)5-6-22-12(8-17)14-9(16(22)23)4-7-24-14/h1-4,7,12,20H,5-6,8H2,(H2,19,21). The van der Waals surface area contributed by atoms with Gasteiger partial charge in [-0.05, 0) is 23.6 Å². The van der Waals surface area contributed by atoms with E-state index in [-0.39, 0.29) is 23.6 Å². The van der Waals surface area contributed by atoms with E-state index in [4.69, 9.17) is 5.73 Å². The Morgan fingerprint density at radius 3 is 3.17 bits per heavy atom. The Labute approximate surface area is 142 Å². The molecule has 0 radical (unpaired) electrons. The van der Waals surface area contributed by atoms with E-state index in [1.54, 1.807) is 17.4 Å². The van der Waals surface area contributed by atoms with Crippen molar-refractivity contribution >= 4 is 28.8 Å². The molecular formula is C17H15FN4OS. The van der Waals surface area contributed by atoms with Gasteiger partial charge in [0.05, 0.1) is 17.2 Å². The zero-order chi connectivity index (χ0) is 16.5. The van der Waals surface area contributed by atoms with Crippen LogP contribution in [-0.4, -0.2) is 28.9 Å². The fourth-order valence-corrected chi connectivity index (χ4v) is 5.05. The van der Waals surface area contributed by atoms with Gasteiger partial charge in [-0.25, -0.2) is 9.38 Å². The molecular weight excluding hydrogens is 327 g/mol. The molecule has 4 heterocycles. The fourth-order valence-electron chi connectivity index (χ4n) is 4.05. The number of carbonyl (C=O) groups excluding carboxylic acids is 1. The van der Waals surface area contributed by atoms with Gasteiger partial charge < -0.3 is 16.0 Å². The summed E-state index contributed by atoms with van der Waals surface area (Å²) < 4.78 is 14.0. The lowest BCUT2D eigenvalue weighted by Gasteiger charge is -2.44. The molecule has 1 aromatic heterocycles. The number of nitrogens with zero attached hydrogens (tertiary/aromatic N) is 2. The fraction of sp³-hybridized carbons (Fsp3) is 0.294. The number of rotatable bonds is 0. The molecule has 0 saturated carbocycles. The topological polar surface area (TPSA) is 70.7 Å². The van der Waals surface area contributed by atoms with Crippen LogP contribution < -0.4 is 11.1 Å². The lowest BCUT2D eigenvalue weighted by atomic mass is 9.89. The van der Waals surface area contributed by atoms with Crippen molar-refractivity contribution in [2.75, 3.05) is 11.9 Å². The highest BCUT2D eigenvalue weighted by atomic mass is 32.1. The number of halogens is 1. The smallest absolute Gasteiger partial charge is 0.255 e. The average molecular weight is 342 g/mol. The van der Waals surface area contributed by atoms with E-state index in [2.05, 4.69) is 10.3 Å². The molecule has 1 aromatic carbocycles. The normalized spacial score (nSPS) is 27.4. The third-order valence-electron chi connectivity index (χ3n) is 5.13. The Morgan fingerprint density at radius 2 is 2.29 bits per heavy atom. The van der Waals surface area contributed by atoms with E-state index in [0.29, 0.717) is 30.6 Å². The highest BCUT2D eigenvalue weighted by Gasteiger charge is 2.49. The van der Waals surface area contributed by atoms with Crippen molar-refractivity contribution in [1.82, 2.24) is 4.90 Å². The number of nitrogens with two attached hydrogens (primary N) is 1. The SMILES string of the molecule is NC1=NC2(CCN3C(=O)c4ccsc4C3C2)Nc2cccc(F)c21. The molecule has 1 saturated heterocycles. The summed E-state index contributed by atoms with van der Waals surface area (Å²) in [4.78, 5) is 20.1. The van der Waals surface area contributed by atoms with Crippen LogP contribution in [0.2, 0.25) is 0 Å². The van der Waals surface area contributed by atoms with E-state index < -0.39 is 5.66 Å². The number of anilines is 1. The minimum absolute atomic E-state index is 0.0143. The van der Waals surface area contributed by atoms with E-state index in [9.17, 15) is 9.18 Å². The number of hydrogen-bond acceptors (Lipinski definition) is 5. The monoisotopic (exact) mass is 342 g/mol. The maximum absolute atomic E-state index is 14.0. The number of fused-ring (bicyclic) bond motifs is 4. The zero-order valence-electron chi connectivity index (χ0n) is 12.8. The number of carbonyl (C=O) groups is 1. The average Bonchev–Trinajstić information content (AvgIpc) is 3.11. The highest BCUT2D eigenvalue weighted by Crippen LogP contribution is 2.48. The first-order chi connectivity index (χ1) is 11.6. The molecule has 7 heteroatoms. The largest absolute Gasteiger partial charge is 0.383 e. The van der Waals surface area contributed by atoms with Gasteiger partial charge in [-0.3, -0.25) is 4.79 Å². The molecule has 0 bridgehead atoms. The van der Waals surface area contributed by atoms with Crippen molar-refractivity contribution in [1.29, 1.82) is 0 Å². The van der Waals surface area contributed by atoms with Gasteiger partial charge in [0.1, 0.15) is 17.3 Å². The number of nitrogens with one attached hydrogen (secondary N) is 1. The number of amidine groups is 1. The maximum atomic E-state index is 14.0. The molecule has 24 heavy (non-hydrogen) atoms. The van der Waals surface area contributed by atoms with Crippen molar-refractivity contribution in [3.8, 4) is 0 Å². The van der Waals surface area contributed by atoms with Crippen LogP contribution in [0.25, 0.3) is 0 Å². The third kappa shape index (κ3) is 1.73. The third-order valence-corrected chi connectivity index (χ3v) is 6.15. The number of amides is 1. The summed E-state index contributed by atoms with van der Waals surface area (Å²) in [5.41, 5.74) is 7.32. The van der Waals surface area contributed by atoms with Gasteiger partial charge in [0.25, 0.3) is 5.91 Å². The molecule has 5 nitrogen and oxygen atoms in total. The van der Waals surface area contributed by atoms with E-state index in [0.717, 1.165) is 10.4 Å². The van der Waals surface area contributed by atoms with Gasteiger partial charge in [0, 0.05) is 30.0 Å². The Bertz CT molecular complexity index is 908. The van der Waals surface area contributed by atoms with E-state index >= 15 is 0 Å². The molecule has 3 aliphatic heterocycles. The predicted octanol–water partition coefficient (Wildman–Crippen LogP) is 2.71. The minimum atomic E-state index is -0.585. The van der Waals surface area contributed by atoms with Crippen LogP contribution >= 0.6 is 11.3 Å². The van der Waals surface area contributed by atoms with Crippen LogP contribution in [0.4, 0.5) is 10.1 Å². The number of aliphatic imine (C=N–C) groups is 1. The van der Waals surface area contributed by atoms with Gasteiger partial charge >= 0.3 is 0 Å². The quantitative estimate of drug-likeness (QED) is 0.773. The van der Waals surface area contributed by atoms with Gasteiger partial charge in [-0.15, -0.1) is 11.3 Å². The van der Waals surface area contributed by atoms with Gasteiger partial charge in [-0.2, -0.15) is 0 Å². The molecule has 2 atom stereocenters. The molecule has 3 aliphatic rings. The summed E-state index contributed by atoms with van der Waals surface area (Å²) in [7, 11) is 0. The van der Waals surface area contributed by atoms with Crippen LogP contribution in [0, 0.1) is 5.82 Å². The van der Waals surface area contributed by atoms with Crippen LogP contribution in [0.15, 0.2) is 34.6 Å². The zero-order valence-corrected chi connectivity index (χ0v) is 13.6. The number of benzene rings is 1. The van der Waals surface area contributed by atoms with Crippen molar-refractivity contribution in [3.05, 3.63) is 51.5 Å². The van der Waals surface area contributed by atoms with E-state index in [1.165, 1.54) is 6.07 Å². The number of hydrogen-bond donors (Lipinski definition) is 2. The highest BCUT2D eigenvalue weighted by molar-refractivity contribution is 7.10. The molecule has 0 aliphatic carbocycles. The maximum Gasteiger partial charge on any atom is 0.255 e. The summed E-state index contributed by atoms with van der Waals surface area (Å²) in [6, 6.07) is 6.78. The summed E-state index contributed by atoms with van der Waals surface area (Å²) in [6.45, 7) is 0.610. The molecule has 2 unspecified atom stereocenters. The molecule has 3 N–H and O–H groups in total. The van der Waals surface area contributed by atoms with Crippen molar-refractivity contribution < 1.29 is 9.18 Å². The van der Waals surface area contributed by atoms with Crippen molar-refractivity contribution in [3.63, 3.8) is 0 Å². The van der Waals surface area contributed by atoms with E-state index in [1.807, 2.05) is 22.4 Å². The Kier molecular flexibility index (Phi) is 2.66. The van der Waals surface area contributed by atoms with Gasteiger partial charge in [0.2, 0.25) is 0 Å². The Balaban J connectivity index is 1.56. The van der Waals surface area contributed by atoms with Crippen molar-refractivity contribution in [2.24, 2.45) is 10.7 Å². The Morgan fingerprint density at radius 1 is 1.42 bits per heavy atom. The first-order valence-electron chi connectivity index (χ1n) is 7.89. The first-order valence-corrected chi connectivity index (χ1v) is 8.77. The first kappa shape index (κ1) is 14.0. The Hall–Kier alpha value is -2.41. The van der Waals surface area contributed by atoms with Crippen molar-refractivity contribution in [2.45, 2.75) is 24.5 Å². The van der Waals surface area contributed by atoms with Gasteiger partial charge in [-0.1, -0.05) is 6.07 Å². The summed E-state index contributed by atoms with van der Waals surface area (Å²) in [5.74, 6) is -0.0403. The predicted molar refractivity (Wildman–Crippen MR) is 90.8 cm³/mol. The lowest BCUT2D eigenvalue weighted by molar-refractivity contribution is 0.0608. The minimum Gasteiger partial charge on any atom is -0.383 e.